The highest BCUT2D eigenvalue weighted by atomic mass is 16.7. The highest BCUT2D eigenvalue weighted by Crippen LogP contribution is 2.24. The Labute approximate surface area is 486 Å². The molecule has 0 bridgehead atoms. The number of carbonyl (C=O) groups is 1. The average molecular weight is 1120 g/mol. The second kappa shape index (κ2) is 57.0. The van der Waals surface area contributed by atoms with Crippen LogP contribution in [0.1, 0.15) is 335 Å². The van der Waals surface area contributed by atoms with Gasteiger partial charge < -0.3 is 50.5 Å². The van der Waals surface area contributed by atoms with Crippen LogP contribution in [0.2, 0.25) is 0 Å². The zero-order valence-corrected chi connectivity index (χ0v) is 51.6. The molecule has 1 saturated heterocycles. The fourth-order valence-electron chi connectivity index (χ4n) is 11.2. The molecule has 468 valence electrons. The lowest BCUT2D eigenvalue weighted by atomic mass is 9.98. The third-order valence-electron chi connectivity index (χ3n) is 16.8. The van der Waals surface area contributed by atoms with Crippen molar-refractivity contribution in [1.29, 1.82) is 0 Å². The molecule has 0 spiro atoms. The van der Waals surface area contributed by atoms with Crippen LogP contribution in [-0.2, 0) is 14.3 Å². The number of carbonyl (C=O) groups excluding carboxylic acids is 1. The summed E-state index contributed by atoms with van der Waals surface area (Å²) in [6, 6.07) is -1.17. The molecule has 0 aromatic carbocycles. The van der Waals surface area contributed by atoms with Crippen molar-refractivity contribution in [3.8, 4) is 0 Å². The van der Waals surface area contributed by atoms with E-state index in [2.05, 4.69) is 43.5 Å². The number of nitrogens with one attached hydrogen (secondary N) is 1. The van der Waals surface area contributed by atoms with Gasteiger partial charge in [0.15, 0.2) is 6.29 Å². The van der Waals surface area contributed by atoms with Crippen LogP contribution in [0.15, 0.2) is 24.3 Å². The molecule has 1 amide bonds. The Balaban J connectivity index is 2.22. The summed E-state index contributed by atoms with van der Waals surface area (Å²) in [5, 5.41) is 76.5. The Kier molecular flexibility index (Phi) is 54.6. The standard InChI is InChI=1S/C68H131NO10/c1-3-5-7-9-11-13-15-17-19-21-23-25-27-29-30-31-32-34-35-37-39-41-43-45-47-49-51-53-55-60(71)63(73)59(58-78-68-66(76)65(75)64(74)62(57-70)79-68)69-67(77)61(72)56-54-52-50-48-46-44-42-40-38-36-33-28-26-24-22-20-18-16-14-12-10-8-6-4-2/h24,26,33,36,59-66,68,70-76H,3-23,25,27-32,34-35,37-58H2,1-2H3,(H,69,77)/b26-24-,36-33-. The van der Waals surface area contributed by atoms with Gasteiger partial charge in [-0.1, -0.05) is 314 Å². The molecule has 1 rings (SSSR count). The smallest absolute Gasteiger partial charge is 0.249 e. The number of hydrogen-bond donors (Lipinski definition) is 8. The molecule has 1 aliphatic rings. The van der Waals surface area contributed by atoms with Gasteiger partial charge in [-0.3, -0.25) is 4.79 Å². The topological polar surface area (TPSA) is 189 Å². The first kappa shape index (κ1) is 75.6. The molecular formula is C68H131NO10. The number of aliphatic hydroxyl groups excluding tert-OH is 7. The Morgan fingerprint density at radius 1 is 0.443 bits per heavy atom. The van der Waals surface area contributed by atoms with Crippen LogP contribution in [0.4, 0.5) is 0 Å². The SMILES string of the molecule is CCCCCCCCCCC/C=C\C/C=C\CCCCCCCCCCC(O)C(=O)NC(COC1OC(CO)C(O)C(O)C1O)C(O)C(O)CCCCCCCCCCCCCCCCCCCCCCCCCCCCCC. The lowest BCUT2D eigenvalue weighted by Gasteiger charge is -2.40. The number of hydrogen-bond acceptors (Lipinski definition) is 10. The summed E-state index contributed by atoms with van der Waals surface area (Å²) < 4.78 is 11.2. The monoisotopic (exact) mass is 1120 g/mol. The summed E-state index contributed by atoms with van der Waals surface area (Å²) in [6.45, 7) is 3.51. The number of allylic oxidation sites excluding steroid dienone is 4. The van der Waals surface area contributed by atoms with E-state index in [0.717, 1.165) is 51.4 Å². The lowest BCUT2D eigenvalue weighted by molar-refractivity contribution is -0.303. The quantitative estimate of drug-likeness (QED) is 0.0215. The van der Waals surface area contributed by atoms with Gasteiger partial charge in [0.2, 0.25) is 5.91 Å². The second-order valence-electron chi connectivity index (χ2n) is 24.3. The van der Waals surface area contributed by atoms with Gasteiger partial charge >= 0.3 is 0 Å². The summed E-state index contributed by atoms with van der Waals surface area (Å²) in [4.78, 5) is 13.2. The largest absolute Gasteiger partial charge is 0.394 e. The van der Waals surface area contributed by atoms with Crippen LogP contribution in [0.25, 0.3) is 0 Å². The third kappa shape index (κ3) is 44.7. The molecule has 0 aromatic heterocycles. The number of amides is 1. The molecule has 0 aromatic rings. The zero-order valence-electron chi connectivity index (χ0n) is 51.6. The normalized spacial score (nSPS) is 19.4. The molecule has 1 heterocycles. The van der Waals surface area contributed by atoms with Crippen LogP contribution in [-0.4, -0.2) is 110 Å². The molecule has 9 atom stereocenters. The summed E-state index contributed by atoms with van der Waals surface area (Å²) in [5.74, 6) is -0.696. The van der Waals surface area contributed by atoms with Gasteiger partial charge in [0.1, 0.15) is 36.6 Å². The van der Waals surface area contributed by atoms with Crippen molar-refractivity contribution in [2.24, 2.45) is 0 Å². The Morgan fingerprint density at radius 2 is 0.772 bits per heavy atom. The van der Waals surface area contributed by atoms with Crippen LogP contribution >= 0.6 is 0 Å². The van der Waals surface area contributed by atoms with Gasteiger partial charge in [-0.25, -0.2) is 0 Å². The van der Waals surface area contributed by atoms with E-state index in [4.69, 9.17) is 9.47 Å². The number of rotatable bonds is 60. The molecule has 1 fully saturated rings. The minimum Gasteiger partial charge on any atom is -0.394 e. The first-order valence-corrected chi connectivity index (χ1v) is 34.2. The molecule has 0 aliphatic carbocycles. The Morgan fingerprint density at radius 3 is 1.13 bits per heavy atom. The van der Waals surface area contributed by atoms with E-state index in [1.54, 1.807) is 0 Å². The van der Waals surface area contributed by atoms with Gasteiger partial charge in [-0.15, -0.1) is 0 Å². The van der Waals surface area contributed by atoms with Gasteiger partial charge in [-0.2, -0.15) is 0 Å². The zero-order chi connectivity index (χ0) is 57.5. The van der Waals surface area contributed by atoms with Crippen LogP contribution in [0.5, 0.6) is 0 Å². The van der Waals surface area contributed by atoms with E-state index in [0.29, 0.717) is 19.3 Å². The summed E-state index contributed by atoms with van der Waals surface area (Å²) in [5.41, 5.74) is 0. The molecule has 1 aliphatic heterocycles. The molecule has 11 nitrogen and oxygen atoms in total. The summed E-state index contributed by atoms with van der Waals surface area (Å²) in [6.07, 6.45) is 59.6. The van der Waals surface area contributed by atoms with Gasteiger partial charge in [0.25, 0.3) is 0 Å². The number of aliphatic hydroxyl groups is 7. The molecular weight excluding hydrogens is 991 g/mol. The van der Waals surface area contributed by atoms with E-state index in [9.17, 15) is 40.5 Å². The van der Waals surface area contributed by atoms with Crippen molar-refractivity contribution >= 4 is 5.91 Å². The van der Waals surface area contributed by atoms with Crippen molar-refractivity contribution in [2.45, 2.75) is 390 Å². The highest BCUT2D eigenvalue weighted by Gasteiger charge is 2.44. The lowest BCUT2D eigenvalue weighted by Crippen LogP contribution is -2.60. The molecule has 8 N–H and O–H groups in total. The van der Waals surface area contributed by atoms with Crippen molar-refractivity contribution < 1.29 is 50.0 Å². The number of ether oxygens (including phenoxy) is 2. The maximum atomic E-state index is 13.2. The maximum absolute atomic E-state index is 13.2. The maximum Gasteiger partial charge on any atom is 0.249 e. The van der Waals surface area contributed by atoms with Crippen LogP contribution in [0, 0.1) is 0 Å². The van der Waals surface area contributed by atoms with Gasteiger partial charge in [0, 0.05) is 0 Å². The number of unbranched alkanes of at least 4 members (excludes halogenated alkanes) is 44. The molecule has 79 heavy (non-hydrogen) atoms. The Bertz CT molecular complexity index is 1330. The Hall–Kier alpha value is -1.41. The molecule has 0 saturated carbocycles. The first-order chi connectivity index (χ1) is 38.7. The van der Waals surface area contributed by atoms with E-state index in [1.165, 1.54) is 244 Å². The fourth-order valence-corrected chi connectivity index (χ4v) is 11.2. The molecule has 11 heteroatoms. The van der Waals surface area contributed by atoms with Crippen LogP contribution < -0.4 is 5.32 Å². The van der Waals surface area contributed by atoms with E-state index in [1.807, 2.05) is 0 Å². The van der Waals surface area contributed by atoms with E-state index < -0.39 is 74.2 Å². The highest BCUT2D eigenvalue weighted by molar-refractivity contribution is 5.80. The van der Waals surface area contributed by atoms with Crippen molar-refractivity contribution in [3.63, 3.8) is 0 Å². The van der Waals surface area contributed by atoms with E-state index >= 15 is 0 Å². The molecule has 0 radical (unpaired) electrons. The first-order valence-electron chi connectivity index (χ1n) is 34.2. The van der Waals surface area contributed by atoms with Gasteiger partial charge in [-0.05, 0) is 44.9 Å². The summed E-state index contributed by atoms with van der Waals surface area (Å²) in [7, 11) is 0. The van der Waals surface area contributed by atoms with E-state index in [-0.39, 0.29) is 6.42 Å². The minimum atomic E-state index is -1.66. The minimum absolute atomic E-state index is 0.255. The van der Waals surface area contributed by atoms with Crippen LogP contribution in [0.3, 0.4) is 0 Å². The second-order valence-corrected chi connectivity index (χ2v) is 24.3. The van der Waals surface area contributed by atoms with Crippen molar-refractivity contribution in [2.75, 3.05) is 13.2 Å². The van der Waals surface area contributed by atoms with Crippen molar-refractivity contribution in [3.05, 3.63) is 24.3 Å². The third-order valence-corrected chi connectivity index (χ3v) is 16.8. The predicted molar refractivity (Wildman–Crippen MR) is 330 cm³/mol. The fraction of sp³-hybridized carbons (Fsp3) is 0.926. The van der Waals surface area contributed by atoms with Crippen molar-refractivity contribution in [1.82, 2.24) is 5.32 Å². The summed E-state index contributed by atoms with van der Waals surface area (Å²) >= 11 is 0. The average Bonchev–Trinajstić information content (AvgIpc) is 3.46. The molecule has 9 unspecified atom stereocenters. The van der Waals surface area contributed by atoms with Gasteiger partial charge in [0.05, 0.1) is 25.4 Å². The predicted octanol–water partition coefficient (Wildman–Crippen LogP) is 16.0.